The van der Waals surface area contributed by atoms with E-state index in [4.69, 9.17) is 21.4 Å². The fourth-order valence-electron chi connectivity index (χ4n) is 1.91. The zero-order chi connectivity index (χ0) is 15.6. The van der Waals surface area contributed by atoms with Crippen LogP contribution in [0.1, 0.15) is 19.9 Å². The molecule has 0 saturated heterocycles. The molecule has 0 saturated carbocycles. The Bertz CT molecular complexity index is 659. The first-order chi connectivity index (χ1) is 9.95. The highest BCUT2D eigenvalue weighted by Crippen LogP contribution is 2.32. The number of aliphatic carboxylic acids is 1. The molecule has 1 aromatic carbocycles. The predicted molar refractivity (Wildman–Crippen MR) is 76.3 cm³/mol. The third kappa shape index (κ3) is 2.97. The van der Waals surface area contributed by atoms with Gasteiger partial charge < -0.3 is 9.84 Å². The van der Waals surface area contributed by atoms with Crippen LogP contribution in [-0.4, -0.2) is 38.4 Å². The minimum atomic E-state index is -0.910. The van der Waals surface area contributed by atoms with Gasteiger partial charge in [0.1, 0.15) is 5.75 Å². The first kappa shape index (κ1) is 15.2. The molecule has 7 nitrogen and oxygen atoms in total. The first-order valence-corrected chi connectivity index (χ1v) is 6.68. The number of methoxy groups -OCH3 is 1. The summed E-state index contributed by atoms with van der Waals surface area (Å²) in [7, 11) is 1.52. The SMILES string of the molecule is COc1cc(Cl)ccc1-c1nnnn1C(C)C(C)C(=O)O. The molecule has 0 aliphatic carbocycles. The number of aromatic nitrogens is 4. The monoisotopic (exact) mass is 310 g/mol. The molecule has 1 N–H and O–H groups in total. The highest BCUT2D eigenvalue weighted by Gasteiger charge is 2.26. The summed E-state index contributed by atoms with van der Waals surface area (Å²) in [6.45, 7) is 3.36. The Morgan fingerprint density at radius 2 is 2.14 bits per heavy atom. The second-order valence-electron chi connectivity index (χ2n) is 4.66. The van der Waals surface area contributed by atoms with E-state index in [-0.39, 0.29) is 0 Å². The summed E-state index contributed by atoms with van der Waals surface area (Å²) in [5, 5.41) is 21.2. The lowest BCUT2D eigenvalue weighted by molar-refractivity contribution is -0.142. The maximum atomic E-state index is 11.1. The normalized spacial score (nSPS) is 13.7. The lowest BCUT2D eigenvalue weighted by Crippen LogP contribution is -2.23. The van der Waals surface area contributed by atoms with E-state index in [2.05, 4.69) is 15.5 Å². The first-order valence-electron chi connectivity index (χ1n) is 6.30. The van der Waals surface area contributed by atoms with E-state index >= 15 is 0 Å². The van der Waals surface area contributed by atoms with Crippen molar-refractivity contribution >= 4 is 17.6 Å². The molecule has 0 radical (unpaired) electrons. The summed E-state index contributed by atoms with van der Waals surface area (Å²) in [4.78, 5) is 11.1. The lowest BCUT2D eigenvalue weighted by Gasteiger charge is -2.18. The van der Waals surface area contributed by atoms with Crippen molar-refractivity contribution in [2.45, 2.75) is 19.9 Å². The van der Waals surface area contributed by atoms with Crippen LogP contribution in [0.25, 0.3) is 11.4 Å². The molecule has 2 atom stereocenters. The second kappa shape index (κ2) is 6.09. The molecule has 0 bridgehead atoms. The average Bonchev–Trinajstić information content (AvgIpc) is 2.94. The van der Waals surface area contributed by atoms with E-state index in [1.165, 1.54) is 11.8 Å². The van der Waals surface area contributed by atoms with Crippen molar-refractivity contribution in [3.05, 3.63) is 23.2 Å². The van der Waals surface area contributed by atoms with Crippen LogP contribution in [0, 0.1) is 5.92 Å². The van der Waals surface area contributed by atoms with Crippen LogP contribution >= 0.6 is 11.6 Å². The third-order valence-electron chi connectivity index (χ3n) is 3.40. The number of ether oxygens (including phenoxy) is 1. The summed E-state index contributed by atoms with van der Waals surface area (Å²) in [6.07, 6.45) is 0. The molecule has 2 rings (SSSR count). The molecule has 1 heterocycles. The largest absolute Gasteiger partial charge is 0.496 e. The average molecular weight is 311 g/mol. The highest BCUT2D eigenvalue weighted by molar-refractivity contribution is 6.30. The molecule has 0 fully saturated rings. The Balaban J connectivity index is 2.48. The van der Waals surface area contributed by atoms with Crippen molar-refractivity contribution < 1.29 is 14.6 Å². The van der Waals surface area contributed by atoms with Crippen LogP contribution in [0.2, 0.25) is 5.02 Å². The minimum Gasteiger partial charge on any atom is -0.496 e. The maximum absolute atomic E-state index is 11.1. The highest BCUT2D eigenvalue weighted by atomic mass is 35.5. The number of hydrogen-bond acceptors (Lipinski definition) is 5. The number of hydrogen-bond donors (Lipinski definition) is 1. The van der Waals surface area contributed by atoms with Crippen molar-refractivity contribution in [2.24, 2.45) is 5.92 Å². The van der Waals surface area contributed by atoms with E-state index in [1.54, 1.807) is 32.0 Å². The Hall–Kier alpha value is -2.15. The number of carboxylic acid groups (broad SMARTS) is 1. The van der Waals surface area contributed by atoms with Gasteiger partial charge in [0.25, 0.3) is 0 Å². The summed E-state index contributed by atoms with van der Waals surface area (Å²) < 4.78 is 6.76. The van der Waals surface area contributed by atoms with E-state index in [0.29, 0.717) is 22.2 Å². The third-order valence-corrected chi connectivity index (χ3v) is 3.63. The standard InChI is InChI=1S/C13H15ClN4O3/c1-7(13(19)20)8(2)18-12(15-16-17-18)10-5-4-9(14)6-11(10)21-3/h4-8H,1-3H3,(H,19,20). The van der Waals surface area contributed by atoms with Gasteiger partial charge in [0, 0.05) is 5.02 Å². The quantitative estimate of drug-likeness (QED) is 0.911. The Kier molecular flexibility index (Phi) is 4.42. The van der Waals surface area contributed by atoms with Gasteiger partial charge in [-0.15, -0.1) is 5.10 Å². The van der Waals surface area contributed by atoms with Crippen molar-refractivity contribution in [1.29, 1.82) is 0 Å². The Morgan fingerprint density at radius 1 is 1.43 bits per heavy atom. The van der Waals surface area contributed by atoms with Gasteiger partial charge in [-0.05, 0) is 42.5 Å². The van der Waals surface area contributed by atoms with Gasteiger partial charge in [0.15, 0.2) is 5.82 Å². The summed E-state index contributed by atoms with van der Waals surface area (Å²) in [5.74, 6) is -0.588. The molecule has 1 aromatic heterocycles. The molecule has 0 aliphatic heterocycles. The number of nitrogens with zero attached hydrogens (tertiary/aromatic N) is 4. The molecule has 21 heavy (non-hydrogen) atoms. The molecule has 0 aliphatic rings. The number of tetrazole rings is 1. The van der Waals surface area contributed by atoms with Crippen LogP contribution < -0.4 is 4.74 Å². The van der Waals surface area contributed by atoms with E-state index in [9.17, 15) is 4.79 Å². The zero-order valence-electron chi connectivity index (χ0n) is 11.8. The van der Waals surface area contributed by atoms with Crippen molar-refractivity contribution in [2.75, 3.05) is 7.11 Å². The number of carboxylic acids is 1. The lowest BCUT2D eigenvalue weighted by atomic mass is 10.0. The molecule has 112 valence electrons. The molecule has 0 spiro atoms. The van der Waals surface area contributed by atoms with Gasteiger partial charge in [-0.3, -0.25) is 4.79 Å². The molecular formula is C13H15ClN4O3. The van der Waals surface area contributed by atoms with E-state index in [1.807, 2.05) is 0 Å². The van der Waals surface area contributed by atoms with Crippen molar-refractivity contribution in [3.8, 4) is 17.1 Å². The van der Waals surface area contributed by atoms with Crippen LogP contribution in [-0.2, 0) is 4.79 Å². The van der Waals surface area contributed by atoms with Gasteiger partial charge in [-0.25, -0.2) is 4.68 Å². The van der Waals surface area contributed by atoms with E-state index < -0.39 is 17.9 Å². The van der Waals surface area contributed by atoms with Gasteiger partial charge in [-0.1, -0.05) is 11.6 Å². The van der Waals surface area contributed by atoms with Crippen molar-refractivity contribution in [1.82, 2.24) is 20.2 Å². The van der Waals surface area contributed by atoms with Crippen LogP contribution in [0.15, 0.2) is 18.2 Å². The molecule has 2 unspecified atom stereocenters. The van der Waals surface area contributed by atoms with Crippen LogP contribution in [0.3, 0.4) is 0 Å². The van der Waals surface area contributed by atoms with Crippen LogP contribution in [0.5, 0.6) is 5.75 Å². The fourth-order valence-corrected chi connectivity index (χ4v) is 2.08. The summed E-state index contributed by atoms with van der Waals surface area (Å²) in [5.41, 5.74) is 0.649. The number of halogens is 1. The fraction of sp³-hybridized carbons (Fsp3) is 0.385. The van der Waals surface area contributed by atoms with Crippen molar-refractivity contribution in [3.63, 3.8) is 0 Å². The number of carbonyl (C=O) groups is 1. The minimum absolute atomic E-state index is 0.409. The maximum Gasteiger partial charge on any atom is 0.308 e. The predicted octanol–water partition coefficient (Wildman–Crippen LogP) is 2.28. The molecular weight excluding hydrogens is 296 g/mol. The Labute approximate surface area is 126 Å². The number of rotatable bonds is 5. The molecule has 2 aromatic rings. The second-order valence-corrected chi connectivity index (χ2v) is 5.10. The smallest absolute Gasteiger partial charge is 0.308 e. The summed E-state index contributed by atoms with van der Waals surface area (Å²) in [6, 6.07) is 4.68. The van der Waals surface area contributed by atoms with Gasteiger partial charge in [-0.2, -0.15) is 0 Å². The summed E-state index contributed by atoms with van der Waals surface area (Å²) >= 11 is 5.94. The van der Waals surface area contributed by atoms with Gasteiger partial charge in [0.2, 0.25) is 0 Å². The Morgan fingerprint density at radius 3 is 2.76 bits per heavy atom. The van der Waals surface area contributed by atoms with Gasteiger partial charge in [0.05, 0.1) is 24.6 Å². The zero-order valence-corrected chi connectivity index (χ0v) is 12.6. The van der Waals surface area contributed by atoms with E-state index in [0.717, 1.165) is 0 Å². The molecule has 8 heteroatoms. The van der Waals surface area contributed by atoms with Crippen LogP contribution in [0.4, 0.5) is 0 Å². The number of benzene rings is 1. The topological polar surface area (TPSA) is 90.1 Å². The van der Waals surface area contributed by atoms with Gasteiger partial charge >= 0.3 is 5.97 Å². The molecule has 0 amide bonds.